The third-order valence-electron chi connectivity index (χ3n) is 4.01. The van der Waals surface area contributed by atoms with E-state index in [1.54, 1.807) is 32.2 Å². The van der Waals surface area contributed by atoms with Gasteiger partial charge in [0.2, 0.25) is 0 Å². The number of ketones is 1. The molecule has 0 aromatic heterocycles. The van der Waals surface area contributed by atoms with E-state index in [9.17, 15) is 9.59 Å². The van der Waals surface area contributed by atoms with Crippen molar-refractivity contribution < 1.29 is 14.3 Å². The van der Waals surface area contributed by atoms with Gasteiger partial charge in [-0.3, -0.25) is 9.59 Å². The minimum atomic E-state index is -0.868. The number of carbonyl (C=O) groups excluding carboxylic acids is 2. The highest BCUT2D eigenvalue weighted by Crippen LogP contribution is 2.23. The lowest BCUT2D eigenvalue weighted by molar-refractivity contribution is -0.123. The summed E-state index contributed by atoms with van der Waals surface area (Å²) in [7, 11) is 1.57. The molecule has 1 aromatic carbocycles. The fraction of sp³-hybridized carbons (Fsp3) is 0.500. The summed E-state index contributed by atoms with van der Waals surface area (Å²) in [5.74, 6) is 0.357. The first-order valence-electron chi connectivity index (χ1n) is 6.71. The summed E-state index contributed by atoms with van der Waals surface area (Å²) in [6, 6.07) is 5.30. The van der Waals surface area contributed by atoms with E-state index in [4.69, 9.17) is 4.74 Å². The van der Waals surface area contributed by atoms with E-state index in [1.165, 1.54) is 6.92 Å². The van der Waals surface area contributed by atoms with E-state index in [1.807, 2.05) is 20.8 Å². The zero-order valence-electron chi connectivity index (χ0n) is 13.0. The normalized spacial score (nSPS) is 13.8. The van der Waals surface area contributed by atoms with Crippen molar-refractivity contribution in [1.82, 2.24) is 5.32 Å². The summed E-state index contributed by atoms with van der Waals surface area (Å²) < 4.78 is 5.21. The second kappa shape index (κ2) is 6.07. The summed E-state index contributed by atoms with van der Waals surface area (Å²) >= 11 is 0. The number of amides is 1. The van der Waals surface area contributed by atoms with E-state index in [0.29, 0.717) is 11.3 Å². The maximum absolute atomic E-state index is 12.4. The summed E-state index contributed by atoms with van der Waals surface area (Å²) in [6.07, 6.45) is 0. The van der Waals surface area contributed by atoms with Crippen LogP contribution in [0, 0.1) is 12.8 Å². The van der Waals surface area contributed by atoms with E-state index >= 15 is 0 Å². The molecule has 0 spiro atoms. The average molecular weight is 277 g/mol. The van der Waals surface area contributed by atoms with Crippen LogP contribution in [0.2, 0.25) is 0 Å². The third kappa shape index (κ3) is 3.00. The second-order valence-electron chi connectivity index (χ2n) is 5.50. The molecule has 0 radical (unpaired) electrons. The van der Waals surface area contributed by atoms with Crippen molar-refractivity contribution in [1.29, 1.82) is 0 Å². The summed E-state index contributed by atoms with van der Waals surface area (Å²) in [4.78, 5) is 24.3. The van der Waals surface area contributed by atoms with Crippen LogP contribution in [0.3, 0.4) is 0 Å². The summed E-state index contributed by atoms with van der Waals surface area (Å²) in [5, 5.41) is 2.86. The molecule has 110 valence electrons. The van der Waals surface area contributed by atoms with E-state index in [2.05, 4.69) is 5.32 Å². The Labute approximate surface area is 120 Å². The van der Waals surface area contributed by atoms with Crippen LogP contribution in [0.5, 0.6) is 5.75 Å². The SMILES string of the molecule is COc1cccc(C(=O)NC(C)(C(C)=O)C(C)C)c1C. The number of hydrogen-bond acceptors (Lipinski definition) is 3. The number of hydrogen-bond donors (Lipinski definition) is 1. The Balaban J connectivity index is 3.11. The number of carbonyl (C=O) groups is 2. The summed E-state index contributed by atoms with van der Waals surface area (Å²) in [6.45, 7) is 8.92. The molecule has 0 saturated heterocycles. The molecule has 1 rings (SSSR count). The van der Waals surface area contributed by atoms with Gasteiger partial charge in [-0.25, -0.2) is 0 Å². The van der Waals surface area contributed by atoms with Crippen LogP contribution in [-0.2, 0) is 4.79 Å². The second-order valence-corrected chi connectivity index (χ2v) is 5.50. The maximum Gasteiger partial charge on any atom is 0.252 e. The van der Waals surface area contributed by atoms with E-state index < -0.39 is 5.54 Å². The monoisotopic (exact) mass is 277 g/mol. The van der Waals surface area contributed by atoms with Gasteiger partial charge in [-0.2, -0.15) is 0 Å². The van der Waals surface area contributed by atoms with Gasteiger partial charge in [0.05, 0.1) is 12.6 Å². The van der Waals surface area contributed by atoms with Crippen LogP contribution >= 0.6 is 0 Å². The van der Waals surface area contributed by atoms with Crippen molar-refractivity contribution in [2.24, 2.45) is 5.92 Å². The Kier molecular flexibility index (Phi) is 4.93. The van der Waals surface area contributed by atoms with E-state index in [-0.39, 0.29) is 17.6 Å². The molecule has 0 bridgehead atoms. The molecule has 0 aliphatic carbocycles. The lowest BCUT2D eigenvalue weighted by Gasteiger charge is -2.32. The maximum atomic E-state index is 12.4. The number of ether oxygens (including phenoxy) is 1. The molecule has 0 aliphatic rings. The lowest BCUT2D eigenvalue weighted by atomic mass is 9.84. The number of nitrogens with one attached hydrogen (secondary N) is 1. The molecular formula is C16H23NO3. The number of Topliss-reactive ketones (excluding diaryl/α,β-unsaturated/α-hetero) is 1. The zero-order chi connectivity index (χ0) is 15.5. The zero-order valence-corrected chi connectivity index (χ0v) is 13.0. The van der Waals surface area contributed by atoms with Crippen molar-refractivity contribution >= 4 is 11.7 Å². The van der Waals surface area contributed by atoms with Gasteiger partial charge in [0, 0.05) is 11.1 Å². The van der Waals surface area contributed by atoms with Crippen molar-refractivity contribution in [3.05, 3.63) is 29.3 Å². The lowest BCUT2D eigenvalue weighted by Crippen LogP contribution is -2.55. The van der Waals surface area contributed by atoms with Crippen molar-refractivity contribution in [2.45, 2.75) is 40.2 Å². The van der Waals surface area contributed by atoms with Gasteiger partial charge in [-0.1, -0.05) is 19.9 Å². The molecule has 20 heavy (non-hydrogen) atoms. The minimum absolute atomic E-state index is 0.00913. The average Bonchev–Trinajstić information content (AvgIpc) is 2.38. The van der Waals surface area contributed by atoms with Crippen LogP contribution < -0.4 is 10.1 Å². The van der Waals surface area contributed by atoms with Crippen LogP contribution in [0.25, 0.3) is 0 Å². The molecule has 1 aromatic rings. The molecule has 4 nitrogen and oxygen atoms in total. The van der Waals surface area contributed by atoms with E-state index in [0.717, 1.165) is 5.56 Å². The highest BCUT2D eigenvalue weighted by Gasteiger charge is 2.35. The van der Waals surface area contributed by atoms with Gasteiger partial charge in [-0.15, -0.1) is 0 Å². The van der Waals surface area contributed by atoms with Crippen LogP contribution in [0.15, 0.2) is 18.2 Å². The number of benzene rings is 1. The van der Waals surface area contributed by atoms with Gasteiger partial charge in [0.25, 0.3) is 5.91 Å². The fourth-order valence-electron chi connectivity index (χ4n) is 2.02. The van der Waals surface area contributed by atoms with Crippen molar-refractivity contribution in [3.8, 4) is 5.75 Å². The first-order chi connectivity index (χ1) is 9.24. The molecule has 1 unspecified atom stereocenters. The third-order valence-corrected chi connectivity index (χ3v) is 4.01. The van der Waals surface area contributed by atoms with Gasteiger partial charge < -0.3 is 10.1 Å². The molecule has 1 atom stereocenters. The standard InChI is InChI=1S/C16H23NO3/c1-10(2)16(5,12(4)18)17-15(19)13-8-7-9-14(20-6)11(13)3/h7-10H,1-6H3,(H,17,19). The van der Waals surface area contributed by atoms with Gasteiger partial charge in [0.15, 0.2) is 5.78 Å². The molecule has 0 saturated carbocycles. The molecule has 0 fully saturated rings. The van der Waals surface area contributed by atoms with Gasteiger partial charge in [0.1, 0.15) is 5.75 Å². The first kappa shape index (κ1) is 16.2. The Bertz CT molecular complexity index is 522. The topological polar surface area (TPSA) is 55.4 Å². The Morgan fingerprint density at radius 2 is 1.90 bits per heavy atom. The van der Waals surface area contributed by atoms with Crippen LogP contribution in [0.1, 0.15) is 43.6 Å². The van der Waals surface area contributed by atoms with Crippen molar-refractivity contribution in [3.63, 3.8) is 0 Å². The van der Waals surface area contributed by atoms with Crippen molar-refractivity contribution in [2.75, 3.05) is 7.11 Å². The highest BCUT2D eigenvalue weighted by atomic mass is 16.5. The van der Waals surface area contributed by atoms with Gasteiger partial charge >= 0.3 is 0 Å². The fourth-order valence-corrected chi connectivity index (χ4v) is 2.02. The number of methoxy groups -OCH3 is 1. The smallest absolute Gasteiger partial charge is 0.252 e. The minimum Gasteiger partial charge on any atom is -0.496 e. The van der Waals surface area contributed by atoms with Crippen LogP contribution in [-0.4, -0.2) is 24.3 Å². The van der Waals surface area contributed by atoms with Gasteiger partial charge in [-0.05, 0) is 38.8 Å². The Morgan fingerprint density at radius 3 is 2.35 bits per heavy atom. The molecule has 1 N–H and O–H groups in total. The highest BCUT2D eigenvalue weighted by molar-refractivity contribution is 6.00. The largest absolute Gasteiger partial charge is 0.496 e. The Hall–Kier alpha value is -1.84. The molecule has 4 heteroatoms. The number of rotatable bonds is 5. The quantitative estimate of drug-likeness (QED) is 0.900. The predicted molar refractivity (Wildman–Crippen MR) is 79.1 cm³/mol. The predicted octanol–water partition coefficient (Wildman–Crippen LogP) is 2.74. The first-order valence-corrected chi connectivity index (χ1v) is 6.71. The van der Waals surface area contributed by atoms with Crippen LogP contribution in [0.4, 0.5) is 0 Å². The molecular weight excluding hydrogens is 254 g/mol. The molecule has 0 heterocycles. The molecule has 0 aliphatic heterocycles. The molecule has 1 amide bonds. The Morgan fingerprint density at radius 1 is 1.30 bits per heavy atom. The summed E-state index contributed by atoms with van der Waals surface area (Å²) in [5.41, 5.74) is 0.423.